The van der Waals surface area contributed by atoms with Crippen LogP contribution in [-0.2, 0) is 12.5 Å². The summed E-state index contributed by atoms with van der Waals surface area (Å²) in [4.78, 5) is 9.99. The lowest BCUT2D eigenvalue weighted by Gasteiger charge is -2.13. The van der Waals surface area contributed by atoms with E-state index in [1.807, 2.05) is 0 Å². The molecule has 1 fully saturated rings. The van der Waals surface area contributed by atoms with Gasteiger partial charge in [-0.1, -0.05) is 0 Å². The predicted octanol–water partition coefficient (Wildman–Crippen LogP) is 0.564. The Morgan fingerprint density at radius 1 is 1.75 bits per heavy atom. The standard InChI is InChI=1S/C8H10F2N4O2/c1-13-6(5(2-12-13)14(15)16)7(4-11)3-8(7,9)10/h2H,3-4,11H2,1H3. The molecular weight excluding hydrogens is 222 g/mol. The minimum atomic E-state index is -2.99. The molecule has 1 aliphatic carbocycles. The van der Waals surface area contributed by atoms with Gasteiger partial charge >= 0.3 is 5.69 Å². The molecule has 16 heavy (non-hydrogen) atoms. The van der Waals surface area contributed by atoms with Crippen molar-refractivity contribution in [2.75, 3.05) is 6.54 Å². The predicted molar refractivity (Wildman–Crippen MR) is 50.2 cm³/mol. The largest absolute Gasteiger partial charge is 0.329 e. The molecule has 6 nitrogen and oxygen atoms in total. The molecule has 0 saturated heterocycles. The van der Waals surface area contributed by atoms with Gasteiger partial charge in [0.05, 0.1) is 4.92 Å². The van der Waals surface area contributed by atoms with Crippen LogP contribution in [0.5, 0.6) is 0 Å². The van der Waals surface area contributed by atoms with E-state index in [0.29, 0.717) is 0 Å². The number of rotatable bonds is 3. The number of hydrogen-bond donors (Lipinski definition) is 1. The molecule has 0 spiro atoms. The molecule has 1 unspecified atom stereocenters. The molecule has 1 atom stereocenters. The summed E-state index contributed by atoms with van der Waals surface area (Å²) in [5.41, 5.74) is 3.21. The van der Waals surface area contributed by atoms with Crippen molar-refractivity contribution >= 4 is 5.69 Å². The number of aromatic nitrogens is 2. The lowest BCUT2D eigenvalue weighted by atomic mass is 10.0. The molecule has 88 valence electrons. The van der Waals surface area contributed by atoms with Gasteiger partial charge in [0.15, 0.2) is 0 Å². The van der Waals surface area contributed by atoms with Gasteiger partial charge in [-0.3, -0.25) is 14.8 Å². The average Bonchev–Trinajstić information content (AvgIpc) is 2.54. The van der Waals surface area contributed by atoms with Crippen molar-refractivity contribution in [3.63, 3.8) is 0 Å². The Morgan fingerprint density at radius 2 is 2.31 bits per heavy atom. The summed E-state index contributed by atoms with van der Waals surface area (Å²) in [6.07, 6.45) is 0.512. The van der Waals surface area contributed by atoms with Gasteiger partial charge in [0.2, 0.25) is 0 Å². The highest BCUT2D eigenvalue weighted by Crippen LogP contribution is 2.62. The van der Waals surface area contributed by atoms with E-state index >= 15 is 0 Å². The van der Waals surface area contributed by atoms with E-state index in [1.54, 1.807) is 0 Å². The minimum Gasteiger partial charge on any atom is -0.329 e. The maximum absolute atomic E-state index is 13.3. The lowest BCUT2D eigenvalue weighted by Crippen LogP contribution is -2.29. The molecule has 2 N–H and O–H groups in total. The highest BCUT2D eigenvalue weighted by molar-refractivity contribution is 5.47. The van der Waals surface area contributed by atoms with E-state index in [1.165, 1.54) is 7.05 Å². The highest BCUT2D eigenvalue weighted by atomic mass is 19.3. The zero-order chi connectivity index (χ0) is 12.1. The first-order valence-electron chi connectivity index (χ1n) is 4.60. The second-order valence-electron chi connectivity index (χ2n) is 3.93. The molecule has 1 aromatic rings. The second kappa shape index (κ2) is 2.97. The monoisotopic (exact) mass is 232 g/mol. The summed E-state index contributed by atoms with van der Waals surface area (Å²) in [7, 11) is 1.40. The molecule has 0 aromatic carbocycles. The Bertz CT molecular complexity index is 459. The normalized spacial score (nSPS) is 26.8. The van der Waals surface area contributed by atoms with Crippen molar-refractivity contribution in [2.24, 2.45) is 12.8 Å². The van der Waals surface area contributed by atoms with Gasteiger partial charge < -0.3 is 5.73 Å². The summed E-state index contributed by atoms with van der Waals surface area (Å²) in [5.74, 6) is -2.99. The fraction of sp³-hybridized carbons (Fsp3) is 0.625. The third-order valence-corrected chi connectivity index (χ3v) is 3.02. The summed E-state index contributed by atoms with van der Waals surface area (Å²) in [5, 5.41) is 14.3. The lowest BCUT2D eigenvalue weighted by molar-refractivity contribution is -0.386. The van der Waals surface area contributed by atoms with Crippen LogP contribution >= 0.6 is 0 Å². The molecule has 0 amide bonds. The fourth-order valence-electron chi connectivity index (χ4n) is 2.02. The third kappa shape index (κ3) is 1.16. The Morgan fingerprint density at radius 3 is 2.69 bits per heavy atom. The number of nitro groups is 1. The molecular formula is C8H10F2N4O2. The second-order valence-corrected chi connectivity index (χ2v) is 3.93. The summed E-state index contributed by atoms with van der Waals surface area (Å²) in [6, 6.07) is 0. The van der Waals surface area contributed by atoms with Crippen molar-refractivity contribution in [2.45, 2.75) is 17.8 Å². The molecule has 8 heteroatoms. The highest BCUT2D eigenvalue weighted by Gasteiger charge is 2.74. The van der Waals surface area contributed by atoms with E-state index in [9.17, 15) is 18.9 Å². The molecule has 1 aromatic heterocycles. The van der Waals surface area contributed by atoms with Crippen molar-refractivity contribution in [1.29, 1.82) is 0 Å². The first-order valence-corrected chi connectivity index (χ1v) is 4.60. The van der Waals surface area contributed by atoms with Crippen LogP contribution in [0.2, 0.25) is 0 Å². The Hall–Kier alpha value is -1.57. The number of nitrogens with two attached hydrogens (primary N) is 1. The van der Waals surface area contributed by atoms with Gasteiger partial charge in [0.1, 0.15) is 17.3 Å². The number of alkyl halides is 2. The van der Waals surface area contributed by atoms with Crippen LogP contribution in [0.25, 0.3) is 0 Å². The van der Waals surface area contributed by atoms with E-state index in [-0.39, 0.29) is 12.2 Å². The first kappa shape index (κ1) is 10.9. The summed E-state index contributed by atoms with van der Waals surface area (Å²) < 4.78 is 27.7. The van der Waals surface area contributed by atoms with E-state index < -0.39 is 28.4 Å². The van der Waals surface area contributed by atoms with E-state index in [2.05, 4.69) is 5.10 Å². The van der Waals surface area contributed by atoms with Crippen LogP contribution in [0.3, 0.4) is 0 Å². The van der Waals surface area contributed by atoms with Crippen molar-refractivity contribution < 1.29 is 13.7 Å². The molecule has 1 saturated carbocycles. The number of aryl methyl sites for hydroxylation is 1. The minimum absolute atomic E-state index is 0.0926. The van der Waals surface area contributed by atoms with Crippen LogP contribution in [0.1, 0.15) is 12.1 Å². The van der Waals surface area contributed by atoms with Gasteiger partial charge in [0.25, 0.3) is 5.92 Å². The molecule has 0 radical (unpaired) electrons. The number of halogens is 2. The van der Waals surface area contributed by atoms with Crippen LogP contribution in [0, 0.1) is 10.1 Å². The van der Waals surface area contributed by atoms with Crippen molar-refractivity contribution in [3.05, 3.63) is 22.0 Å². The van der Waals surface area contributed by atoms with Crippen LogP contribution in [-0.4, -0.2) is 27.2 Å². The van der Waals surface area contributed by atoms with Gasteiger partial charge in [-0.25, -0.2) is 8.78 Å². The Kier molecular flexibility index (Phi) is 2.03. The maximum atomic E-state index is 13.3. The number of hydrogen-bond acceptors (Lipinski definition) is 4. The van der Waals surface area contributed by atoms with Crippen LogP contribution < -0.4 is 5.73 Å². The molecule has 0 aliphatic heterocycles. The summed E-state index contributed by atoms with van der Waals surface area (Å²) in [6.45, 7) is -0.333. The van der Waals surface area contributed by atoms with Gasteiger partial charge in [-0.2, -0.15) is 5.10 Å². The van der Waals surface area contributed by atoms with Crippen molar-refractivity contribution in [1.82, 2.24) is 9.78 Å². The van der Waals surface area contributed by atoms with Gasteiger partial charge in [-0.15, -0.1) is 0 Å². The SMILES string of the molecule is Cn1ncc([N+](=O)[O-])c1C1(CN)CC1(F)F. The van der Waals surface area contributed by atoms with Crippen LogP contribution in [0.4, 0.5) is 14.5 Å². The van der Waals surface area contributed by atoms with Crippen LogP contribution in [0.15, 0.2) is 6.20 Å². The molecule has 0 bridgehead atoms. The van der Waals surface area contributed by atoms with E-state index in [0.717, 1.165) is 10.9 Å². The third-order valence-electron chi connectivity index (χ3n) is 3.02. The zero-order valence-corrected chi connectivity index (χ0v) is 8.48. The quantitative estimate of drug-likeness (QED) is 0.609. The smallest absolute Gasteiger partial charge is 0.311 e. The summed E-state index contributed by atoms with van der Waals surface area (Å²) >= 11 is 0. The Labute approximate surface area is 89.2 Å². The first-order chi connectivity index (χ1) is 7.35. The average molecular weight is 232 g/mol. The van der Waals surface area contributed by atoms with Crippen molar-refractivity contribution in [3.8, 4) is 0 Å². The zero-order valence-electron chi connectivity index (χ0n) is 8.48. The van der Waals surface area contributed by atoms with Gasteiger partial charge in [-0.05, 0) is 0 Å². The molecule has 2 rings (SSSR count). The van der Waals surface area contributed by atoms with E-state index in [4.69, 9.17) is 5.73 Å². The Balaban J connectivity index is 2.56. The molecule has 1 aliphatic rings. The maximum Gasteiger partial charge on any atom is 0.311 e. The fourth-order valence-corrected chi connectivity index (χ4v) is 2.02. The number of nitrogens with zero attached hydrogens (tertiary/aromatic N) is 3. The topological polar surface area (TPSA) is 87.0 Å². The van der Waals surface area contributed by atoms with Gasteiger partial charge in [0, 0.05) is 20.0 Å². The molecule has 1 heterocycles.